The summed E-state index contributed by atoms with van der Waals surface area (Å²) in [5, 5.41) is 2.26. The minimum absolute atomic E-state index is 0.0552. The Kier molecular flexibility index (Phi) is 7.23. The highest BCUT2D eigenvalue weighted by atomic mass is 19.4. The van der Waals surface area contributed by atoms with Crippen molar-refractivity contribution < 1.29 is 27.5 Å². The number of aryl methyl sites for hydroxylation is 2. The smallest absolute Gasteiger partial charge is 0.416 e. The van der Waals surface area contributed by atoms with E-state index in [0.29, 0.717) is 13.0 Å². The van der Waals surface area contributed by atoms with Crippen LogP contribution in [0.15, 0.2) is 33.9 Å². The van der Waals surface area contributed by atoms with Gasteiger partial charge in [-0.15, -0.1) is 0 Å². The summed E-state index contributed by atoms with van der Waals surface area (Å²) >= 11 is 0. The maximum Gasteiger partial charge on any atom is 0.416 e. The third-order valence-electron chi connectivity index (χ3n) is 5.07. The molecule has 0 fully saturated rings. The number of benzene rings is 1. The summed E-state index contributed by atoms with van der Waals surface area (Å²) in [6.07, 6.45) is -3.01. The Morgan fingerprint density at radius 3 is 2.47 bits per heavy atom. The number of amides is 1. The van der Waals surface area contributed by atoms with Crippen molar-refractivity contribution in [1.29, 1.82) is 0 Å². The van der Waals surface area contributed by atoms with Crippen molar-refractivity contribution in [2.45, 2.75) is 39.1 Å². The largest absolute Gasteiger partial charge is 0.456 e. The molecule has 0 bridgehead atoms. The minimum Gasteiger partial charge on any atom is -0.456 e. The monoisotopic (exact) mass is 481 g/mol. The van der Waals surface area contributed by atoms with Crippen molar-refractivity contribution >= 4 is 23.0 Å². The average molecular weight is 481 g/mol. The molecule has 0 aliphatic rings. The Hall–Kier alpha value is -3.90. The molecule has 0 spiro atoms. The molecular formula is C21H22F3N5O5. The van der Waals surface area contributed by atoms with Crippen LogP contribution in [0.1, 0.15) is 41.5 Å². The van der Waals surface area contributed by atoms with Crippen LogP contribution in [0.2, 0.25) is 0 Å². The molecule has 0 aliphatic carbocycles. The minimum atomic E-state index is -4.52. The quantitative estimate of drug-likeness (QED) is 0.472. The molecule has 2 aromatic heterocycles. The Bertz CT molecular complexity index is 1320. The van der Waals surface area contributed by atoms with Crippen LogP contribution < -0.4 is 16.6 Å². The summed E-state index contributed by atoms with van der Waals surface area (Å²) in [5.74, 6) is -1.37. The first-order valence-electron chi connectivity index (χ1n) is 10.3. The number of nitrogens with one attached hydrogen (secondary N) is 2. The highest BCUT2D eigenvalue weighted by molar-refractivity contribution is 5.95. The summed E-state index contributed by atoms with van der Waals surface area (Å²) in [7, 11) is 1.54. The van der Waals surface area contributed by atoms with E-state index in [-0.39, 0.29) is 29.2 Å². The van der Waals surface area contributed by atoms with Gasteiger partial charge in [-0.1, -0.05) is 13.3 Å². The number of hydrogen-bond donors (Lipinski definition) is 2. The molecule has 3 aromatic rings. The lowest BCUT2D eigenvalue weighted by molar-refractivity contribution is -0.144. The lowest BCUT2D eigenvalue weighted by atomic mass is 10.1. The SMILES string of the molecule is CCCCn1c(=O)[nH]c(=O)c2c1nc(COC(=O)CNC(=O)c1ccc(C(F)(F)F)cc1)n2C. The van der Waals surface area contributed by atoms with Crippen LogP contribution in [-0.2, 0) is 35.9 Å². The normalized spacial score (nSPS) is 11.6. The van der Waals surface area contributed by atoms with Crippen LogP contribution in [0.5, 0.6) is 0 Å². The number of aromatic nitrogens is 4. The van der Waals surface area contributed by atoms with Gasteiger partial charge in [0.25, 0.3) is 11.5 Å². The fraction of sp³-hybridized carbons (Fsp3) is 0.381. The van der Waals surface area contributed by atoms with Crippen molar-refractivity contribution in [1.82, 2.24) is 24.4 Å². The first-order valence-corrected chi connectivity index (χ1v) is 10.3. The fourth-order valence-electron chi connectivity index (χ4n) is 3.21. The third kappa shape index (κ3) is 5.35. The number of fused-ring (bicyclic) bond motifs is 1. The van der Waals surface area contributed by atoms with Crippen LogP contribution in [0.25, 0.3) is 11.2 Å². The number of imidazole rings is 1. The molecule has 1 amide bonds. The van der Waals surface area contributed by atoms with E-state index in [4.69, 9.17) is 4.74 Å². The van der Waals surface area contributed by atoms with Crippen molar-refractivity contribution in [3.05, 3.63) is 62.1 Å². The molecule has 2 N–H and O–H groups in total. The molecular weight excluding hydrogens is 459 g/mol. The number of H-pyrrole nitrogens is 1. The van der Waals surface area contributed by atoms with E-state index >= 15 is 0 Å². The van der Waals surface area contributed by atoms with Crippen LogP contribution in [-0.4, -0.2) is 37.5 Å². The Labute approximate surface area is 190 Å². The number of carbonyl (C=O) groups excluding carboxylic acids is 2. The number of halogens is 3. The van der Waals surface area contributed by atoms with Crippen molar-refractivity contribution in [2.75, 3.05) is 6.54 Å². The van der Waals surface area contributed by atoms with E-state index in [1.54, 1.807) is 0 Å². The summed E-state index contributed by atoms with van der Waals surface area (Å²) in [6, 6.07) is 3.53. The average Bonchev–Trinajstić information content (AvgIpc) is 3.11. The highest BCUT2D eigenvalue weighted by Crippen LogP contribution is 2.29. The van der Waals surface area contributed by atoms with E-state index in [2.05, 4.69) is 15.3 Å². The lowest BCUT2D eigenvalue weighted by Gasteiger charge is -2.08. The number of alkyl halides is 3. The van der Waals surface area contributed by atoms with Gasteiger partial charge < -0.3 is 14.6 Å². The third-order valence-corrected chi connectivity index (χ3v) is 5.07. The lowest BCUT2D eigenvalue weighted by Crippen LogP contribution is -2.31. The van der Waals surface area contributed by atoms with Crippen molar-refractivity contribution in [2.24, 2.45) is 7.05 Å². The van der Waals surface area contributed by atoms with Gasteiger partial charge in [0.1, 0.15) is 19.0 Å². The topological polar surface area (TPSA) is 128 Å². The molecule has 0 saturated heterocycles. The Balaban J connectivity index is 1.64. The number of ether oxygens (including phenoxy) is 1. The summed E-state index contributed by atoms with van der Waals surface area (Å²) in [4.78, 5) is 55.0. The molecule has 0 aliphatic heterocycles. The molecule has 1 aromatic carbocycles. The second-order valence-corrected chi connectivity index (χ2v) is 7.44. The van der Waals surface area contributed by atoms with E-state index in [1.165, 1.54) is 16.2 Å². The molecule has 0 atom stereocenters. The maximum absolute atomic E-state index is 12.6. The second-order valence-electron chi connectivity index (χ2n) is 7.44. The number of esters is 1. The molecule has 13 heteroatoms. The summed E-state index contributed by atoms with van der Waals surface area (Å²) in [5.41, 5.74) is -1.84. The van der Waals surface area contributed by atoms with Crippen molar-refractivity contribution in [3.8, 4) is 0 Å². The first kappa shape index (κ1) is 24.7. The number of nitrogens with zero attached hydrogens (tertiary/aromatic N) is 3. The van der Waals surface area contributed by atoms with E-state index in [1.807, 2.05) is 6.92 Å². The van der Waals surface area contributed by atoms with Crippen LogP contribution in [0.3, 0.4) is 0 Å². The standard InChI is InChI=1S/C21H22F3N5O5/c1-3-4-9-29-17-16(19(32)27-20(29)33)28(2)14(26-17)11-34-15(30)10-25-18(31)12-5-7-13(8-6-12)21(22,23)24/h5-8H,3-4,9-11H2,1-2H3,(H,25,31)(H,27,32,33). The fourth-order valence-corrected chi connectivity index (χ4v) is 3.21. The number of unbranched alkanes of at least 4 members (excludes halogenated alkanes) is 1. The maximum atomic E-state index is 12.6. The molecule has 0 radical (unpaired) electrons. The number of hydrogen-bond acceptors (Lipinski definition) is 6. The first-order chi connectivity index (χ1) is 16.0. The van der Waals surface area contributed by atoms with Crippen molar-refractivity contribution in [3.63, 3.8) is 0 Å². The van der Waals surface area contributed by atoms with E-state index < -0.39 is 41.4 Å². The number of rotatable bonds is 8. The van der Waals surface area contributed by atoms with Gasteiger partial charge in [0.15, 0.2) is 11.2 Å². The molecule has 2 heterocycles. The van der Waals surface area contributed by atoms with Crippen LogP contribution in [0, 0.1) is 0 Å². The van der Waals surface area contributed by atoms with Gasteiger partial charge in [-0.05, 0) is 30.7 Å². The van der Waals surface area contributed by atoms with Gasteiger partial charge in [0, 0.05) is 19.2 Å². The molecule has 34 heavy (non-hydrogen) atoms. The predicted molar refractivity (Wildman–Crippen MR) is 114 cm³/mol. The zero-order valence-electron chi connectivity index (χ0n) is 18.4. The molecule has 0 unspecified atom stereocenters. The van der Waals surface area contributed by atoms with Gasteiger partial charge in [-0.25, -0.2) is 9.78 Å². The summed E-state index contributed by atoms with van der Waals surface area (Å²) < 4.78 is 45.7. The van der Waals surface area contributed by atoms with Gasteiger partial charge in [-0.3, -0.25) is 23.9 Å². The zero-order valence-corrected chi connectivity index (χ0v) is 18.4. The van der Waals surface area contributed by atoms with Gasteiger partial charge >= 0.3 is 17.8 Å². The Morgan fingerprint density at radius 1 is 1.18 bits per heavy atom. The number of carbonyl (C=O) groups is 2. The van der Waals surface area contributed by atoms with E-state index in [9.17, 15) is 32.3 Å². The molecule has 10 nitrogen and oxygen atoms in total. The van der Waals surface area contributed by atoms with Crippen LogP contribution in [0.4, 0.5) is 13.2 Å². The van der Waals surface area contributed by atoms with Gasteiger partial charge in [0.05, 0.1) is 5.56 Å². The van der Waals surface area contributed by atoms with Crippen LogP contribution >= 0.6 is 0 Å². The Morgan fingerprint density at radius 2 is 1.85 bits per heavy atom. The molecule has 182 valence electrons. The predicted octanol–water partition coefficient (Wildman–Crippen LogP) is 1.72. The molecule has 0 saturated carbocycles. The number of aromatic amines is 1. The van der Waals surface area contributed by atoms with Gasteiger partial charge in [0.2, 0.25) is 0 Å². The van der Waals surface area contributed by atoms with Gasteiger partial charge in [-0.2, -0.15) is 13.2 Å². The van der Waals surface area contributed by atoms with E-state index in [0.717, 1.165) is 30.7 Å². The summed E-state index contributed by atoms with van der Waals surface area (Å²) in [6.45, 7) is 1.44. The second kappa shape index (κ2) is 9.93. The highest BCUT2D eigenvalue weighted by Gasteiger charge is 2.30. The zero-order chi connectivity index (χ0) is 25.0. The molecule has 3 rings (SSSR count).